The standard InChI is InChI=1S/C14H11Cl2FN2O/c15-10-5-11(16)7-13(6-10)19-14(20)18-8-9-2-1-3-12(17)4-9/h1-7H,8H2,(H2,18,19,20). The Hall–Kier alpha value is -1.78. The molecule has 2 N–H and O–H groups in total. The zero-order valence-corrected chi connectivity index (χ0v) is 11.8. The van der Waals surface area contributed by atoms with Crippen molar-refractivity contribution < 1.29 is 9.18 Å². The van der Waals surface area contributed by atoms with E-state index in [-0.39, 0.29) is 12.4 Å². The van der Waals surface area contributed by atoms with Crippen molar-refractivity contribution in [3.8, 4) is 0 Å². The highest BCUT2D eigenvalue weighted by Crippen LogP contribution is 2.22. The van der Waals surface area contributed by atoms with Crippen molar-refractivity contribution in [3.63, 3.8) is 0 Å². The van der Waals surface area contributed by atoms with Crippen LogP contribution in [0.2, 0.25) is 10.0 Å². The highest BCUT2D eigenvalue weighted by atomic mass is 35.5. The van der Waals surface area contributed by atoms with Crippen molar-refractivity contribution in [2.75, 3.05) is 5.32 Å². The fraction of sp³-hybridized carbons (Fsp3) is 0.0714. The Bertz CT molecular complexity index is 614. The first kappa shape index (κ1) is 14.6. The normalized spacial score (nSPS) is 10.2. The number of benzene rings is 2. The van der Waals surface area contributed by atoms with Crippen LogP contribution in [0, 0.1) is 5.82 Å². The Kier molecular flexibility index (Phi) is 4.82. The number of carbonyl (C=O) groups excluding carboxylic acids is 1. The molecule has 0 radical (unpaired) electrons. The molecule has 2 aromatic rings. The van der Waals surface area contributed by atoms with Crippen LogP contribution < -0.4 is 10.6 Å². The van der Waals surface area contributed by atoms with Gasteiger partial charge in [-0.3, -0.25) is 0 Å². The van der Waals surface area contributed by atoms with Gasteiger partial charge < -0.3 is 10.6 Å². The molecular formula is C14H11Cl2FN2O. The highest BCUT2D eigenvalue weighted by molar-refractivity contribution is 6.35. The first-order chi connectivity index (χ1) is 9.52. The summed E-state index contributed by atoms with van der Waals surface area (Å²) in [4.78, 5) is 11.7. The monoisotopic (exact) mass is 312 g/mol. The number of urea groups is 1. The van der Waals surface area contributed by atoms with Gasteiger partial charge in [0.05, 0.1) is 0 Å². The summed E-state index contributed by atoms with van der Waals surface area (Å²) < 4.78 is 13.0. The molecule has 2 amide bonds. The van der Waals surface area contributed by atoms with Crippen LogP contribution in [0.25, 0.3) is 0 Å². The maximum atomic E-state index is 13.0. The lowest BCUT2D eigenvalue weighted by molar-refractivity contribution is 0.251. The maximum absolute atomic E-state index is 13.0. The van der Waals surface area contributed by atoms with E-state index in [1.165, 1.54) is 12.1 Å². The molecule has 0 fully saturated rings. The molecule has 0 aliphatic carbocycles. The lowest BCUT2D eigenvalue weighted by Gasteiger charge is -2.08. The van der Waals surface area contributed by atoms with Gasteiger partial charge in [0.25, 0.3) is 0 Å². The van der Waals surface area contributed by atoms with Gasteiger partial charge in [-0.2, -0.15) is 0 Å². The smallest absolute Gasteiger partial charge is 0.319 e. The first-order valence-electron chi connectivity index (χ1n) is 5.78. The van der Waals surface area contributed by atoms with E-state index in [9.17, 15) is 9.18 Å². The molecule has 0 saturated carbocycles. The summed E-state index contributed by atoms with van der Waals surface area (Å²) in [6.07, 6.45) is 0. The first-order valence-corrected chi connectivity index (χ1v) is 6.54. The topological polar surface area (TPSA) is 41.1 Å². The Labute approximate surface area is 125 Å². The predicted octanol–water partition coefficient (Wildman–Crippen LogP) is 4.45. The fourth-order valence-electron chi connectivity index (χ4n) is 1.63. The minimum atomic E-state index is -0.424. The van der Waals surface area contributed by atoms with Gasteiger partial charge in [0.2, 0.25) is 0 Å². The summed E-state index contributed by atoms with van der Waals surface area (Å²) in [6, 6.07) is 10.3. The van der Waals surface area contributed by atoms with E-state index in [1.807, 2.05) is 0 Å². The van der Waals surface area contributed by atoms with E-state index in [1.54, 1.807) is 30.3 Å². The summed E-state index contributed by atoms with van der Waals surface area (Å²) >= 11 is 11.7. The van der Waals surface area contributed by atoms with E-state index < -0.39 is 6.03 Å². The van der Waals surface area contributed by atoms with Crippen molar-refractivity contribution in [1.29, 1.82) is 0 Å². The van der Waals surface area contributed by atoms with Crippen molar-refractivity contribution in [1.82, 2.24) is 5.32 Å². The quantitative estimate of drug-likeness (QED) is 0.863. The van der Waals surface area contributed by atoms with Crippen molar-refractivity contribution in [3.05, 3.63) is 63.9 Å². The van der Waals surface area contributed by atoms with Crippen LogP contribution in [0.5, 0.6) is 0 Å². The van der Waals surface area contributed by atoms with Gasteiger partial charge in [0, 0.05) is 22.3 Å². The summed E-state index contributed by atoms with van der Waals surface area (Å²) in [7, 11) is 0. The highest BCUT2D eigenvalue weighted by Gasteiger charge is 2.04. The second-order valence-electron chi connectivity index (χ2n) is 4.10. The third kappa shape index (κ3) is 4.40. The molecule has 0 aliphatic heterocycles. The molecular weight excluding hydrogens is 302 g/mol. The van der Waals surface area contributed by atoms with E-state index in [4.69, 9.17) is 23.2 Å². The van der Waals surface area contributed by atoms with Crippen LogP contribution in [0.4, 0.5) is 14.9 Å². The van der Waals surface area contributed by atoms with Crippen LogP contribution in [0.15, 0.2) is 42.5 Å². The van der Waals surface area contributed by atoms with Gasteiger partial charge in [0.15, 0.2) is 0 Å². The van der Waals surface area contributed by atoms with Gasteiger partial charge >= 0.3 is 6.03 Å². The van der Waals surface area contributed by atoms with Crippen molar-refractivity contribution in [2.24, 2.45) is 0 Å². The molecule has 0 aliphatic rings. The van der Waals surface area contributed by atoms with Gasteiger partial charge in [-0.15, -0.1) is 0 Å². The Morgan fingerprint density at radius 3 is 2.45 bits per heavy atom. The molecule has 0 bridgehead atoms. The van der Waals surface area contributed by atoms with E-state index in [0.717, 1.165) is 0 Å². The summed E-state index contributed by atoms with van der Waals surface area (Å²) in [5.74, 6) is -0.341. The number of hydrogen-bond acceptors (Lipinski definition) is 1. The summed E-state index contributed by atoms with van der Waals surface area (Å²) in [5, 5.41) is 6.06. The zero-order chi connectivity index (χ0) is 14.5. The summed E-state index contributed by atoms with van der Waals surface area (Å²) in [6.45, 7) is 0.220. The lowest BCUT2D eigenvalue weighted by atomic mass is 10.2. The number of anilines is 1. The van der Waals surface area contributed by atoms with Gasteiger partial charge in [-0.1, -0.05) is 35.3 Å². The molecule has 20 heavy (non-hydrogen) atoms. The van der Waals surface area contributed by atoms with Crippen LogP contribution >= 0.6 is 23.2 Å². The predicted molar refractivity (Wildman–Crippen MR) is 78.7 cm³/mol. The van der Waals surface area contributed by atoms with Gasteiger partial charge in [-0.05, 0) is 35.9 Å². The van der Waals surface area contributed by atoms with E-state index in [0.29, 0.717) is 21.3 Å². The van der Waals surface area contributed by atoms with Gasteiger partial charge in [0.1, 0.15) is 5.82 Å². The number of rotatable bonds is 3. The number of carbonyl (C=O) groups is 1. The van der Waals surface area contributed by atoms with Crippen LogP contribution in [0.1, 0.15) is 5.56 Å². The Morgan fingerprint density at radius 1 is 1.10 bits per heavy atom. The van der Waals surface area contributed by atoms with Crippen LogP contribution in [-0.2, 0) is 6.54 Å². The number of nitrogens with one attached hydrogen (secondary N) is 2. The largest absolute Gasteiger partial charge is 0.334 e. The lowest BCUT2D eigenvalue weighted by Crippen LogP contribution is -2.28. The third-order valence-corrected chi connectivity index (χ3v) is 2.90. The van der Waals surface area contributed by atoms with Crippen LogP contribution in [0.3, 0.4) is 0 Å². The number of hydrogen-bond donors (Lipinski definition) is 2. The molecule has 104 valence electrons. The Morgan fingerprint density at radius 2 is 1.80 bits per heavy atom. The molecule has 3 nitrogen and oxygen atoms in total. The molecule has 0 unspecified atom stereocenters. The molecule has 0 heterocycles. The minimum Gasteiger partial charge on any atom is -0.334 e. The van der Waals surface area contributed by atoms with E-state index >= 15 is 0 Å². The van der Waals surface area contributed by atoms with Crippen LogP contribution in [-0.4, -0.2) is 6.03 Å². The average molecular weight is 313 g/mol. The minimum absolute atomic E-state index is 0.220. The van der Waals surface area contributed by atoms with Crippen molar-refractivity contribution in [2.45, 2.75) is 6.54 Å². The Balaban J connectivity index is 1.92. The number of amides is 2. The zero-order valence-electron chi connectivity index (χ0n) is 10.3. The molecule has 0 atom stereocenters. The average Bonchev–Trinajstić information content (AvgIpc) is 2.35. The third-order valence-electron chi connectivity index (χ3n) is 2.46. The molecule has 6 heteroatoms. The summed E-state index contributed by atoms with van der Waals surface area (Å²) in [5.41, 5.74) is 1.16. The maximum Gasteiger partial charge on any atom is 0.319 e. The van der Waals surface area contributed by atoms with Crippen molar-refractivity contribution >= 4 is 34.9 Å². The molecule has 0 aromatic heterocycles. The SMILES string of the molecule is O=C(NCc1cccc(F)c1)Nc1cc(Cl)cc(Cl)c1. The second-order valence-corrected chi connectivity index (χ2v) is 4.97. The molecule has 2 rings (SSSR count). The molecule has 0 saturated heterocycles. The number of halogens is 3. The fourth-order valence-corrected chi connectivity index (χ4v) is 2.16. The molecule has 0 spiro atoms. The van der Waals surface area contributed by atoms with Gasteiger partial charge in [-0.25, -0.2) is 9.18 Å². The van der Waals surface area contributed by atoms with E-state index in [2.05, 4.69) is 10.6 Å². The second kappa shape index (κ2) is 6.59. The molecule has 2 aromatic carbocycles.